The third-order valence-corrected chi connectivity index (χ3v) is 3.07. The van der Waals surface area contributed by atoms with Gasteiger partial charge in [-0.1, -0.05) is 19.1 Å². The van der Waals surface area contributed by atoms with Crippen LogP contribution in [0.4, 0.5) is 4.39 Å². The van der Waals surface area contributed by atoms with Crippen LogP contribution in [0.1, 0.15) is 30.6 Å². The molecular weight excluding hydrogens is 255 g/mol. The van der Waals surface area contributed by atoms with Crippen molar-refractivity contribution in [3.05, 3.63) is 59.7 Å². The topological polar surface area (TPSA) is 34.2 Å². The minimum atomic E-state index is -0.249. The van der Waals surface area contributed by atoms with E-state index in [2.05, 4.69) is 17.2 Å². The van der Waals surface area contributed by atoms with Gasteiger partial charge in [-0.2, -0.15) is 0 Å². The summed E-state index contributed by atoms with van der Waals surface area (Å²) in [6, 6.07) is 10.1. The summed E-state index contributed by atoms with van der Waals surface area (Å²) in [5, 5.41) is 3.39. The van der Waals surface area contributed by atoms with Crippen molar-refractivity contribution in [2.24, 2.45) is 0 Å². The Balaban J connectivity index is 2.41. The van der Waals surface area contributed by atoms with Crippen molar-refractivity contribution in [3.63, 3.8) is 0 Å². The normalized spacial score (nSPS) is 12.2. The van der Waals surface area contributed by atoms with Crippen molar-refractivity contribution in [1.82, 2.24) is 10.3 Å². The molecule has 3 nitrogen and oxygen atoms in total. The minimum Gasteiger partial charge on any atom is -0.495 e. The van der Waals surface area contributed by atoms with Gasteiger partial charge in [0.15, 0.2) is 0 Å². The largest absolute Gasteiger partial charge is 0.495 e. The molecule has 106 valence electrons. The average molecular weight is 274 g/mol. The number of aromatic nitrogens is 1. The van der Waals surface area contributed by atoms with Crippen LogP contribution in [0.2, 0.25) is 0 Å². The van der Waals surface area contributed by atoms with Gasteiger partial charge in [0.1, 0.15) is 17.3 Å². The zero-order valence-corrected chi connectivity index (χ0v) is 11.8. The summed E-state index contributed by atoms with van der Waals surface area (Å²) in [6.45, 7) is 2.91. The Bertz CT molecular complexity index is 560. The molecule has 2 aromatic rings. The Morgan fingerprint density at radius 3 is 2.85 bits per heavy atom. The molecule has 4 heteroatoms. The number of nitrogens with one attached hydrogen (secondary N) is 1. The van der Waals surface area contributed by atoms with Gasteiger partial charge in [0, 0.05) is 6.20 Å². The molecule has 0 fully saturated rings. The van der Waals surface area contributed by atoms with Crippen LogP contribution < -0.4 is 10.1 Å². The molecule has 1 N–H and O–H groups in total. The third kappa shape index (κ3) is 3.33. The second-order valence-corrected chi connectivity index (χ2v) is 4.53. The molecule has 0 aliphatic carbocycles. The number of hydrogen-bond donors (Lipinski definition) is 1. The molecule has 1 atom stereocenters. The standard InChI is InChI=1S/C16H19FN2O/c1-3-9-18-15(12-6-4-7-13(17)11-12)16-14(20-2)8-5-10-19-16/h4-8,10-11,15,18H,3,9H2,1-2H3. The zero-order chi connectivity index (χ0) is 14.4. The maximum Gasteiger partial charge on any atom is 0.142 e. The van der Waals surface area contributed by atoms with Gasteiger partial charge in [0.05, 0.1) is 13.2 Å². The van der Waals surface area contributed by atoms with E-state index in [4.69, 9.17) is 4.74 Å². The summed E-state index contributed by atoms with van der Waals surface area (Å²) in [6.07, 6.45) is 2.71. The summed E-state index contributed by atoms with van der Waals surface area (Å²) >= 11 is 0. The first-order valence-electron chi connectivity index (χ1n) is 6.74. The van der Waals surface area contributed by atoms with E-state index in [1.165, 1.54) is 12.1 Å². The van der Waals surface area contributed by atoms with E-state index in [1.54, 1.807) is 19.4 Å². The fourth-order valence-electron chi connectivity index (χ4n) is 2.14. The molecule has 0 saturated heterocycles. The van der Waals surface area contributed by atoms with Crippen molar-refractivity contribution in [2.75, 3.05) is 13.7 Å². The molecule has 0 aliphatic heterocycles. The molecule has 20 heavy (non-hydrogen) atoms. The van der Waals surface area contributed by atoms with Crippen LogP contribution in [-0.4, -0.2) is 18.6 Å². The third-order valence-electron chi connectivity index (χ3n) is 3.07. The molecule has 0 saturated carbocycles. The molecule has 1 aromatic heterocycles. The number of benzene rings is 1. The molecule has 0 radical (unpaired) electrons. The first-order chi connectivity index (χ1) is 9.76. The minimum absolute atomic E-state index is 0.179. The Morgan fingerprint density at radius 1 is 1.30 bits per heavy atom. The van der Waals surface area contributed by atoms with Gasteiger partial charge >= 0.3 is 0 Å². The summed E-state index contributed by atoms with van der Waals surface area (Å²) in [5.74, 6) is 0.450. The highest BCUT2D eigenvalue weighted by Crippen LogP contribution is 2.28. The van der Waals surface area contributed by atoms with E-state index in [0.29, 0.717) is 5.75 Å². The highest BCUT2D eigenvalue weighted by Gasteiger charge is 2.19. The van der Waals surface area contributed by atoms with Crippen LogP contribution >= 0.6 is 0 Å². The van der Waals surface area contributed by atoms with E-state index < -0.39 is 0 Å². The Hall–Kier alpha value is -1.94. The van der Waals surface area contributed by atoms with Crippen molar-refractivity contribution < 1.29 is 9.13 Å². The van der Waals surface area contributed by atoms with Gasteiger partial charge in [-0.05, 0) is 42.8 Å². The smallest absolute Gasteiger partial charge is 0.142 e. The Kier molecular flexibility index (Phi) is 5.07. The van der Waals surface area contributed by atoms with Gasteiger partial charge in [0.25, 0.3) is 0 Å². The molecule has 0 aliphatic rings. The first-order valence-corrected chi connectivity index (χ1v) is 6.74. The quantitative estimate of drug-likeness (QED) is 0.877. The summed E-state index contributed by atoms with van der Waals surface area (Å²) in [4.78, 5) is 4.40. The second kappa shape index (κ2) is 7.01. The van der Waals surface area contributed by atoms with Gasteiger partial charge in [-0.3, -0.25) is 4.98 Å². The summed E-state index contributed by atoms with van der Waals surface area (Å²) < 4.78 is 18.8. The predicted molar refractivity (Wildman–Crippen MR) is 77.3 cm³/mol. The molecule has 2 rings (SSSR count). The van der Waals surface area contributed by atoms with Crippen LogP contribution in [0.15, 0.2) is 42.6 Å². The van der Waals surface area contributed by atoms with E-state index in [0.717, 1.165) is 24.2 Å². The van der Waals surface area contributed by atoms with E-state index >= 15 is 0 Å². The number of rotatable bonds is 6. The maximum absolute atomic E-state index is 13.5. The lowest BCUT2D eigenvalue weighted by Crippen LogP contribution is -2.24. The van der Waals surface area contributed by atoms with Crippen LogP contribution in [0, 0.1) is 5.82 Å². The van der Waals surface area contributed by atoms with Gasteiger partial charge < -0.3 is 10.1 Å². The molecule has 1 aromatic carbocycles. The lowest BCUT2D eigenvalue weighted by Gasteiger charge is -2.20. The molecule has 0 bridgehead atoms. The first kappa shape index (κ1) is 14.5. The fourth-order valence-corrected chi connectivity index (χ4v) is 2.14. The molecule has 1 unspecified atom stereocenters. The highest BCUT2D eigenvalue weighted by molar-refractivity contribution is 5.36. The zero-order valence-electron chi connectivity index (χ0n) is 11.8. The van der Waals surface area contributed by atoms with E-state index in [1.807, 2.05) is 18.2 Å². The van der Waals surface area contributed by atoms with E-state index in [9.17, 15) is 4.39 Å². The number of methoxy groups -OCH3 is 1. The lowest BCUT2D eigenvalue weighted by atomic mass is 10.0. The monoisotopic (exact) mass is 274 g/mol. The van der Waals surface area contributed by atoms with Crippen LogP contribution in [-0.2, 0) is 0 Å². The molecular formula is C16H19FN2O. The van der Waals surface area contributed by atoms with Gasteiger partial charge in [-0.15, -0.1) is 0 Å². The SMILES string of the molecule is CCCNC(c1cccc(F)c1)c1ncccc1OC. The van der Waals surface area contributed by atoms with Crippen molar-refractivity contribution in [1.29, 1.82) is 0 Å². The number of ether oxygens (including phenoxy) is 1. The van der Waals surface area contributed by atoms with E-state index in [-0.39, 0.29) is 11.9 Å². The summed E-state index contributed by atoms with van der Waals surface area (Å²) in [7, 11) is 1.61. The number of halogens is 1. The van der Waals surface area contributed by atoms with Crippen molar-refractivity contribution in [3.8, 4) is 5.75 Å². The lowest BCUT2D eigenvalue weighted by molar-refractivity contribution is 0.399. The fraction of sp³-hybridized carbons (Fsp3) is 0.312. The summed E-state index contributed by atoms with van der Waals surface area (Å²) in [5.41, 5.74) is 1.62. The maximum atomic E-state index is 13.5. The molecule has 0 amide bonds. The number of hydrogen-bond acceptors (Lipinski definition) is 3. The van der Waals surface area contributed by atoms with Crippen LogP contribution in [0.5, 0.6) is 5.75 Å². The highest BCUT2D eigenvalue weighted by atomic mass is 19.1. The van der Waals surface area contributed by atoms with Gasteiger partial charge in [-0.25, -0.2) is 4.39 Å². The second-order valence-electron chi connectivity index (χ2n) is 4.53. The number of nitrogens with zero attached hydrogens (tertiary/aromatic N) is 1. The Morgan fingerprint density at radius 2 is 2.15 bits per heavy atom. The van der Waals surface area contributed by atoms with Crippen molar-refractivity contribution in [2.45, 2.75) is 19.4 Å². The average Bonchev–Trinajstić information content (AvgIpc) is 2.48. The van der Waals surface area contributed by atoms with Gasteiger partial charge in [0.2, 0.25) is 0 Å². The predicted octanol–water partition coefficient (Wildman–Crippen LogP) is 3.32. The van der Waals surface area contributed by atoms with Crippen LogP contribution in [0.3, 0.4) is 0 Å². The Labute approximate surface area is 118 Å². The molecule has 0 spiro atoms. The molecule has 1 heterocycles. The van der Waals surface area contributed by atoms with Crippen molar-refractivity contribution >= 4 is 0 Å². The number of pyridine rings is 1. The van der Waals surface area contributed by atoms with Crippen LogP contribution in [0.25, 0.3) is 0 Å².